The predicted octanol–water partition coefficient (Wildman–Crippen LogP) is 3.69. The van der Waals surface area contributed by atoms with Crippen LogP contribution in [0.15, 0.2) is 42.5 Å². The predicted molar refractivity (Wildman–Crippen MR) is 136 cm³/mol. The van der Waals surface area contributed by atoms with Crippen molar-refractivity contribution in [2.45, 2.75) is 32.6 Å². The molecule has 1 aromatic heterocycles. The number of likely N-dealkylation sites (N-methyl/N-ethyl adjacent to an activating group) is 1. The highest BCUT2D eigenvalue weighted by Crippen LogP contribution is 2.39. The number of nitrogens with two attached hydrogens (primary N) is 1. The second kappa shape index (κ2) is 8.64. The van der Waals surface area contributed by atoms with Crippen LogP contribution in [0.3, 0.4) is 0 Å². The van der Waals surface area contributed by atoms with Crippen molar-refractivity contribution in [3.63, 3.8) is 0 Å². The summed E-state index contributed by atoms with van der Waals surface area (Å²) in [5, 5.41) is 0.910. The molecule has 0 saturated carbocycles. The van der Waals surface area contributed by atoms with E-state index in [9.17, 15) is 9.59 Å². The lowest BCUT2D eigenvalue weighted by Gasteiger charge is -2.26. The normalized spacial score (nSPS) is 18.4. The van der Waals surface area contributed by atoms with E-state index >= 15 is 0 Å². The number of amides is 2. The van der Waals surface area contributed by atoms with Gasteiger partial charge in [-0.1, -0.05) is 18.2 Å². The summed E-state index contributed by atoms with van der Waals surface area (Å²) in [6.45, 7) is 4.29. The van der Waals surface area contributed by atoms with Crippen LogP contribution < -0.4 is 10.5 Å². The highest BCUT2D eigenvalue weighted by Gasteiger charge is 2.32. The van der Waals surface area contributed by atoms with Gasteiger partial charge in [-0.15, -0.1) is 0 Å². The van der Waals surface area contributed by atoms with Crippen LogP contribution in [0.4, 0.5) is 5.82 Å². The van der Waals surface area contributed by atoms with Crippen molar-refractivity contribution < 1.29 is 19.1 Å². The summed E-state index contributed by atoms with van der Waals surface area (Å²) < 4.78 is 11.6. The maximum Gasteiger partial charge on any atom is 0.254 e. The van der Waals surface area contributed by atoms with Crippen LogP contribution in [0, 0.1) is 0 Å². The molecule has 3 aliphatic heterocycles. The summed E-state index contributed by atoms with van der Waals surface area (Å²) in [4.78, 5) is 33.2. The summed E-state index contributed by atoms with van der Waals surface area (Å²) in [5.41, 5.74) is 12.7. The molecule has 2 amide bonds. The third-order valence-electron chi connectivity index (χ3n) is 7.56. The van der Waals surface area contributed by atoms with Gasteiger partial charge in [0, 0.05) is 49.1 Å². The number of carbonyl (C=O) groups is 2. The molecule has 0 radical (unpaired) electrons. The number of rotatable bonds is 3. The van der Waals surface area contributed by atoms with Gasteiger partial charge in [-0.3, -0.25) is 9.59 Å². The van der Waals surface area contributed by atoms with Gasteiger partial charge in [0.15, 0.2) is 0 Å². The Bertz CT molecular complexity index is 1450. The van der Waals surface area contributed by atoms with Gasteiger partial charge in [0.1, 0.15) is 18.2 Å². The van der Waals surface area contributed by atoms with E-state index in [1.807, 2.05) is 24.1 Å². The van der Waals surface area contributed by atoms with Crippen LogP contribution in [0.2, 0.25) is 0 Å². The molecule has 0 saturated heterocycles. The largest absolute Gasteiger partial charge is 0.491 e. The molecular formula is C28H28N4O4. The first-order valence-corrected chi connectivity index (χ1v) is 12.2. The van der Waals surface area contributed by atoms with Crippen LogP contribution in [0.1, 0.15) is 52.0 Å². The van der Waals surface area contributed by atoms with Crippen LogP contribution in [0.25, 0.3) is 16.5 Å². The number of carbonyl (C=O) groups excluding carboxylic acids is 2. The fraction of sp³-hybridized carbons (Fsp3) is 0.321. The van der Waals surface area contributed by atoms with Gasteiger partial charge in [-0.05, 0) is 47.4 Å². The van der Waals surface area contributed by atoms with Gasteiger partial charge in [0.05, 0.1) is 24.8 Å². The molecule has 3 aromatic rings. The van der Waals surface area contributed by atoms with Crippen LogP contribution in [0.5, 0.6) is 5.75 Å². The zero-order valence-electron chi connectivity index (χ0n) is 20.4. The Labute approximate surface area is 209 Å². The summed E-state index contributed by atoms with van der Waals surface area (Å²) in [6.07, 6.45) is 2.93. The van der Waals surface area contributed by atoms with Gasteiger partial charge in [-0.2, -0.15) is 0 Å². The molecule has 2 N–H and O–H groups in total. The Kier molecular flexibility index (Phi) is 5.41. The van der Waals surface area contributed by atoms with Gasteiger partial charge in [0.2, 0.25) is 5.91 Å². The molecule has 0 aliphatic carbocycles. The zero-order valence-corrected chi connectivity index (χ0v) is 20.4. The minimum Gasteiger partial charge on any atom is -0.491 e. The van der Waals surface area contributed by atoms with E-state index in [0.717, 1.165) is 51.9 Å². The van der Waals surface area contributed by atoms with Crippen molar-refractivity contribution in [1.29, 1.82) is 0 Å². The molecule has 3 aliphatic rings. The monoisotopic (exact) mass is 484 g/mol. The van der Waals surface area contributed by atoms with Gasteiger partial charge >= 0.3 is 0 Å². The lowest BCUT2D eigenvalue weighted by Crippen LogP contribution is -2.32. The molecule has 2 aromatic carbocycles. The Hall–Kier alpha value is -3.91. The molecule has 0 bridgehead atoms. The maximum atomic E-state index is 13.5. The second-order valence-corrected chi connectivity index (χ2v) is 9.62. The SMILES string of the molecule is CC(=O)N1CC=C(c2ccc3c(c2)OC[C@@H]3N(C)C(=O)c2ccc3nc(N)c4c(c3c2)COC4)CC1. The fourth-order valence-corrected chi connectivity index (χ4v) is 5.38. The molecule has 6 rings (SSSR count). The number of hydrogen-bond donors (Lipinski definition) is 1. The smallest absolute Gasteiger partial charge is 0.254 e. The third kappa shape index (κ3) is 3.69. The number of benzene rings is 2. The van der Waals surface area contributed by atoms with E-state index in [1.165, 1.54) is 5.57 Å². The van der Waals surface area contributed by atoms with E-state index in [-0.39, 0.29) is 17.9 Å². The number of fused-ring (bicyclic) bond motifs is 4. The van der Waals surface area contributed by atoms with Crippen molar-refractivity contribution in [1.82, 2.24) is 14.8 Å². The highest BCUT2D eigenvalue weighted by molar-refractivity contribution is 5.99. The minimum absolute atomic E-state index is 0.0776. The number of ether oxygens (including phenoxy) is 2. The summed E-state index contributed by atoms with van der Waals surface area (Å²) >= 11 is 0. The van der Waals surface area contributed by atoms with Crippen LogP contribution >= 0.6 is 0 Å². The molecule has 0 fully saturated rings. The Morgan fingerprint density at radius 3 is 2.75 bits per heavy atom. The topological polar surface area (TPSA) is 98.0 Å². The number of anilines is 1. The third-order valence-corrected chi connectivity index (χ3v) is 7.56. The summed E-state index contributed by atoms with van der Waals surface area (Å²) in [5.74, 6) is 1.32. The Morgan fingerprint density at radius 1 is 1.14 bits per heavy atom. The standard InChI is InChI=1S/C28H28N4O4/c1-16(33)32-9-7-17(8-10-32)18-3-5-20-25(15-36-26(20)12-18)31(2)28(34)19-4-6-24-21(11-19)22-13-35-14-23(22)27(29)30-24/h3-7,11-12,25H,8-10,13-15H2,1-2H3,(H2,29,30)/t25-/m0/s1. The van der Waals surface area contributed by atoms with Crippen LogP contribution in [-0.2, 0) is 22.7 Å². The van der Waals surface area contributed by atoms with E-state index in [4.69, 9.17) is 15.2 Å². The molecule has 1 atom stereocenters. The van der Waals surface area contributed by atoms with Crippen molar-refractivity contribution >= 4 is 34.1 Å². The lowest BCUT2D eigenvalue weighted by atomic mass is 9.96. The lowest BCUT2D eigenvalue weighted by molar-refractivity contribution is -0.128. The van der Waals surface area contributed by atoms with E-state index < -0.39 is 0 Å². The summed E-state index contributed by atoms with van der Waals surface area (Å²) in [6, 6.07) is 11.6. The van der Waals surface area contributed by atoms with Crippen LogP contribution in [-0.4, -0.2) is 53.3 Å². The quantitative estimate of drug-likeness (QED) is 0.609. The Morgan fingerprint density at radius 2 is 1.97 bits per heavy atom. The molecule has 0 unspecified atom stereocenters. The van der Waals surface area contributed by atoms with Crippen molar-refractivity contribution in [2.24, 2.45) is 0 Å². The first-order chi connectivity index (χ1) is 17.4. The number of pyridine rings is 1. The number of hydrogen-bond acceptors (Lipinski definition) is 6. The van der Waals surface area contributed by atoms with Gasteiger partial charge in [-0.25, -0.2) is 4.98 Å². The second-order valence-electron chi connectivity index (χ2n) is 9.62. The molecule has 8 heteroatoms. The highest BCUT2D eigenvalue weighted by atomic mass is 16.5. The molecule has 8 nitrogen and oxygen atoms in total. The van der Waals surface area contributed by atoms with Crippen molar-refractivity contribution in [3.05, 3.63) is 70.3 Å². The van der Waals surface area contributed by atoms with Crippen molar-refractivity contribution in [2.75, 3.05) is 32.5 Å². The zero-order chi connectivity index (χ0) is 25.0. The number of aromatic nitrogens is 1. The number of nitrogens with zero attached hydrogens (tertiary/aromatic N) is 3. The average Bonchev–Trinajstić information content (AvgIpc) is 3.56. The molecule has 184 valence electrons. The number of nitrogen functional groups attached to an aromatic ring is 1. The summed E-state index contributed by atoms with van der Waals surface area (Å²) in [7, 11) is 1.82. The average molecular weight is 485 g/mol. The first kappa shape index (κ1) is 22.5. The van der Waals surface area contributed by atoms with E-state index in [0.29, 0.717) is 37.7 Å². The van der Waals surface area contributed by atoms with E-state index in [1.54, 1.807) is 17.9 Å². The minimum atomic E-state index is -0.177. The molecule has 36 heavy (non-hydrogen) atoms. The van der Waals surface area contributed by atoms with Gasteiger partial charge < -0.3 is 25.0 Å². The van der Waals surface area contributed by atoms with E-state index in [2.05, 4.69) is 29.3 Å². The molecule has 4 heterocycles. The Balaban J connectivity index is 1.24. The maximum absolute atomic E-state index is 13.5. The van der Waals surface area contributed by atoms with Gasteiger partial charge in [0.25, 0.3) is 5.91 Å². The molecule has 0 spiro atoms. The fourth-order valence-electron chi connectivity index (χ4n) is 5.38. The van der Waals surface area contributed by atoms with Crippen molar-refractivity contribution in [3.8, 4) is 5.75 Å². The molecular weight excluding hydrogens is 456 g/mol. The first-order valence-electron chi connectivity index (χ1n) is 12.2.